The summed E-state index contributed by atoms with van der Waals surface area (Å²) in [4.78, 5) is 88.5. The van der Waals surface area contributed by atoms with Gasteiger partial charge in [-0.15, -0.1) is 0 Å². The van der Waals surface area contributed by atoms with Gasteiger partial charge in [0.2, 0.25) is 5.43 Å². The SMILES string of the molecule is CCn1cc(C(=O)O)c(=O)c2cc(F)c(N3CCN(C(=O)N[C@@H]4O[C@H](COC(C)=O)[C@@H](OC(C)=O)[C@H](OC(C)=O)[C@H]4OC(C)=O)CC3)cc21. The fourth-order valence-corrected chi connectivity index (χ4v) is 5.76. The number of amides is 2. The summed E-state index contributed by atoms with van der Waals surface area (Å²) in [5.74, 6) is -5.31. The molecule has 2 saturated heterocycles. The first-order valence-corrected chi connectivity index (χ1v) is 15.3. The first-order chi connectivity index (χ1) is 23.1. The molecule has 2 aromatic rings. The molecular formula is C31H37FN4O13. The molecule has 2 aliphatic rings. The summed E-state index contributed by atoms with van der Waals surface area (Å²) in [5.41, 5.74) is -0.784. The summed E-state index contributed by atoms with van der Waals surface area (Å²) in [6.07, 6.45) is -5.86. The van der Waals surface area contributed by atoms with Crippen molar-refractivity contribution in [2.75, 3.05) is 37.7 Å². The highest BCUT2D eigenvalue weighted by atomic mass is 19.1. The smallest absolute Gasteiger partial charge is 0.341 e. The molecule has 1 aromatic heterocycles. The van der Waals surface area contributed by atoms with Crippen LogP contribution in [-0.4, -0.2) is 114 Å². The lowest BCUT2D eigenvalue weighted by atomic mass is 9.97. The third-order valence-corrected chi connectivity index (χ3v) is 7.88. The molecule has 2 aliphatic heterocycles. The Hall–Kier alpha value is -5.26. The number of aryl methyl sites for hydroxylation is 1. The molecular weight excluding hydrogens is 655 g/mol. The van der Waals surface area contributed by atoms with Crippen LogP contribution >= 0.6 is 0 Å². The largest absolute Gasteiger partial charge is 0.477 e. The van der Waals surface area contributed by atoms with Crippen LogP contribution in [0.1, 0.15) is 45.0 Å². The van der Waals surface area contributed by atoms with Gasteiger partial charge in [-0.05, 0) is 19.1 Å². The number of carbonyl (C=O) groups is 6. The Kier molecular flexibility index (Phi) is 11.4. The van der Waals surface area contributed by atoms with E-state index >= 15 is 4.39 Å². The van der Waals surface area contributed by atoms with Gasteiger partial charge in [0.05, 0.1) is 11.2 Å². The van der Waals surface area contributed by atoms with Crippen molar-refractivity contribution >= 4 is 52.5 Å². The molecule has 49 heavy (non-hydrogen) atoms. The number of nitrogens with zero attached hydrogens (tertiary/aromatic N) is 3. The zero-order valence-corrected chi connectivity index (χ0v) is 27.4. The summed E-state index contributed by atoms with van der Waals surface area (Å²) in [6, 6.07) is 1.78. The first kappa shape index (κ1) is 36.6. The maximum Gasteiger partial charge on any atom is 0.341 e. The van der Waals surface area contributed by atoms with Crippen molar-refractivity contribution in [1.82, 2.24) is 14.8 Å². The van der Waals surface area contributed by atoms with E-state index in [1.54, 1.807) is 16.4 Å². The molecule has 17 nitrogen and oxygen atoms in total. The lowest BCUT2D eigenvalue weighted by Crippen LogP contribution is -2.67. The molecule has 2 amide bonds. The van der Waals surface area contributed by atoms with Crippen molar-refractivity contribution in [3.05, 3.63) is 39.9 Å². The number of nitrogens with one attached hydrogen (secondary N) is 1. The minimum atomic E-state index is -1.49. The summed E-state index contributed by atoms with van der Waals surface area (Å²) in [6.45, 7) is 6.42. The molecule has 0 saturated carbocycles. The predicted octanol–water partition coefficient (Wildman–Crippen LogP) is 0.773. The standard InChI is InChI=1S/C31H37FN4O13/c1-6-34-13-20(30(42)43)25(41)19-11-21(32)23(12-22(19)34)35-7-9-36(10-8-35)31(44)33-29-28(48-18(5)40)27(47-17(4)39)26(46-16(3)38)24(49-29)14-45-15(2)37/h11-13,24,26-29H,6-10,14H2,1-5H3,(H,33,44)(H,42,43)/t24-,26-,27+,28-,29-/m1/s1. The van der Waals surface area contributed by atoms with E-state index in [1.807, 2.05) is 0 Å². The Labute approximate surface area is 278 Å². The van der Waals surface area contributed by atoms with E-state index in [0.717, 1.165) is 33.8 Å². The molecule has 5 atom stereocenters. The number of benzene rings is 1. The van der Waals surface area contributed by atoms with Crippen LogP contribution in [0, 0.1) is 5.82 Å². The maximum absolute atomic E-state index is 15.4. The molecule has 18 heteroatoms. The normalized spacial score (nSPS) is 22.2. The molecule has 0 radical (unpaired) electrons. The molecule has 0 unspecified atom stereocenters. The van der Waals surface area contributed by atoms with Crippen LogP contribution in [0.15, 0.2) is 23.1 Å². The number of urea groups is 1. The monoisotopic (exact) mass is 692 g/mol. The zero-order valence-electron chi connectivity index (χ0n) is 27.4. The van der Waals surface area contributed by atoms with Gasteiger partial charge in [-0.3, -0.25) is 24.0 Å². The molecule has 2 fully saturated rings. The van der Waals surface area contributed by atoms with Gasteiger partial charge in [0.1, 0.15) is 24.1 Å². The number of aromatic carboxylic acids is 1. The topological polar surface area (TPSA) is 209 Å². The maximum atomic E-state index is 15.4. The van der Waals surface area contributed by atoms with Crippen molar-refractivity contribution in [3.63, 3.8) is 0 Å². The molecule has 1 aromatic carbocycles. The second-order valence-corrected chi connectivity index (χ2v) is 11.3. The summed E-state index contributed by atoms with van der Waals surface area (Å²) in [5, 5.41) is 11.9. The van der Waals surface area contributed by atoms with Crippen molar-refractivity contribution in [2.24, 2.45) is 0 Å². The van der Waals surface area contributed by atoms with Gasteiger partial charge < -0.3 is 48.5 Å². The quantitative estimate of drug-likeness (QED) is 0.275. The summed E-state index contributed by atoms with van der Waals surface area (Å²) >= 11 is 0. The van der Waals surface area contributed by atoms with Gasteiger partial charge >= 0.3 is 35.9 Å². The number of pyridine rings is 1. The number of piperazine rings is 1. The van der Waals surface area contributed by atoms with Crippen molar-refractivity contribution in [1.29, 1.82) is 0 Å². The highest BCUT2D eigenvalue weighted by molar-refractivity contribution is 5.93. The highest BCUT2D eigenvalue weighted by Gasteiger charge is 2.53. The van der Waals surface area contributed by atoms with Gasteiger partial charge in [0.25, 0.3) is 0 Å². The van der Waals surface area contributed by atoms with E-state index in [1.165, 1.54) is 17.2 Å². The fourth-order valence-electron chi connectivity index (χ4n) is 5.76. The van der Waals surface area contributed by atoms with Crippen molar-refractivity contribution in [2.45, 2.75) is 71.8 Å². The lowest BCUT2D eigenvalue weighted by molar-refractivity contribution is -0.255. The molecule has 0 aliphatic carbocycles. The number of carboxylic acids is 1. The van der Waals surface area contributed by atoms with E-state index in [-0.39, 0.29) is 37.3 Å². The predicted molar refractivity (Wildman–Crippen MR) is 165 cm³/mol. The zero-order chi connectivity index (χ0) is 36.2. The Morgan fingerprint density at radius 3 is 2.04 bits per heavy atom. The Morgan fingerprint density at radius 1 is 0.898 bits per heavy atom. The number of hydrogen-bond donors (Lipinski definition) is 2. The Morgan fingerprint density at radius 2 is 1.49 bits per heavy atom. The minimum absolute atomic E-state index is 0.0765. The van der Waals surface area contributed by atoms with E-state index in [4.69, 9.17) is 23.7 Å². The van der Waals surface area contributed by atoms with E-state index in [0.29, 0.717) is 12.1 Å². The fraction of sp³-hybridized carbons (Fsp3) is 0.516. The molecule has 4 rings (SSSR count). The van der Waals surface area contributed by atoms with E-state index in [2.05, 4.69) is 5.32 Å². The van der Waals surface area contributed by atoms with Gasteiger partial charge in [0, 0.05) is 72.0 Å². The van der Waals surface area contributed by atoms with Crippen LogP contribution in [0.2, 0.25) is 0 Å². The van der Waals surface area contributed by atoms with Crippen LogP contribution in [-0.2, 0) is 49.4 Å². The van der Waals surface area contributed by atoms with Crippen LogP contribution in [0.25, 0.3) is 10.9 Å². The van der Waals surface area contributed by atoms with Crippen LogP contribution in [0.5, 0.6) is 0 Å². The van der Waals surface area contributed by atoms with Crippen molar-refractivity contribution < 1.29 is 61.9 Å². The van der Waals surface area contributed by atoms with Gasteiger partial charge in [-0.25, -0.2) is 14.0 Å². The first-order valence-electron chi connectivity index (χ1n) is 15.3. The van der Waals surface area contributed by atoms with Gasteiger partial charge in [0.15, 0.2) is 24.5 Å². The number of hydrogen-bond acceptors (Lipinski definition) is 13. The number of anilines is 1. The van der Waals surface area contributed by atoms with E-state index < -0.39 is 89.9 Å². The lowest BCUT2D eigenvalue weighted by Gasteiger charge is -2.45. The van der Waals surface area contributed by atoms with Gasteiger partial charge in [-0.1, -0.05) is 0 Å². The number of carbonyl (C=O) groups excluding carboxylic acids is 5. The van der Waals surface area contributed by atoms with E-state index in [9.17, 15) is 38.7 Å². The third-order valence-electron chi connectivity index (χ3n) is 7.88. The number of rotatable bonds is 9. The molecule has 3 heterocycles. The average molecular weight is 693 g/mol. The van der Waals surface area contributed by atoms with Crippen LogP contribution in [0.4, 0.5) is 14.9 Å². The Balaban J connectivity index is 1.55. The minimum Gasteiger partial charge on any atom is -0.477 e. The second-order valence-electron chi connectivity index (χ2n) is 11.3. The Bertz CT molecular complexity index is 1700. The number of ether oxygens (including phenoxy) is 5. The summed E-state index contributed by atoms with van der Waals surface area (Å²) < 4.78 is 44.0. The number of esters is 4. The number of carboxylic acid groups (broad SMARTS) is 1. The van der Waals surface area contributed by atoms with Crippen molar-refractivity contribution in [3.8, 4) is 0 Å². The van der Waals surface area contributed by atoms with Crippen LogP contribution in [0.3, 0.4) is 0 Å². The highest BCUT2D eigenvalue weighted by Crippen LogP contribution is 2.30. The molecule has 0 spiro atoms. The number of fused-ring (bicyclic) bond motifs is 1. The number of halogens is 1. The third kappa shape index (κ3) is 8.43. The molecule has 0 bridgehead atoms. The second kappa shape index (κ2) is 15.3. The molecule has 266 valence electrons. The van der Waals surface area contributed by atoms with Gasteiger partial charge in [-0.2, -0.15) is 0 Å². The van der Waals surface area contributed by atoms with Crippen LogP contribution < -0.4 is 15.6 Å². The summed E-state index contributed by atoms with van der Waals surface area (Å²) in [7, 11) is 0. The average Bonchev–Trinajstić information content (AvgIpc) is 3.02. The molecule has 2 N–H and O–H groups in total. The number of aromatic nitrogens is 1.